The topological polar surface area (TPSA) is 74.8 Å². The Kier molecular flexibility index (Phi) is 4.57. The zero-order valence-corrected chi connectivity index (χ0v) is 14.6. The minimum Gasteiger partial charge on any atom is -0.343 e. The average Bonchev–Trinajstić information content (AvgIpc) is 3.28. The van der Waals surface area contributed by atoms with Gasteiger partial charge in [0.1, 0.15) is 17.3 Å². The molecule has 0 aliphatic heterocycles. The van der Waals surface area contributed by atoms with E-state index in [1.54, 1.807) is 0 Å². The maximum atomic E-state index is 14.0. The van der Waals surface area contributed by atoms with E-state index in [0.717, 1.165) is 31.0 Å². The second kappa shape index (κ2) is 6.47. The van der Waals surface area contributed by atoms with E-state index in [-0.39, 0.29) is 17.1 Å². The minimum absolute atomic E-state index is 0.113. The lowest BCUT2D eigenvalue weighted by molar-refractivity contribution is -0.140. The Hall–Kier alpha value is -2.71. The van der Waals surface area contributed by atoms with Crippen molar-refractivity contribution in [2.75, 3.05) is 0 Å². The van der Waals surface area contributed by atoms with Crippen molar-refractivity contribution in [2.45, 2.75) is 38.9 Å². The Morgan fingerprint density at radius 3 is 2.48 bits per heavy atom. The molecule has 1 aromatic carbocycles. The fraction of sp³-hybridized carbons (Fsp3) is 0.389. The van der Waals surface area contributed by atoms with Crippen LogP contribution >= 0.6 is 0 Å². The van der Waals surface area contributed by atoms with Gasteiger partial charge < -0.3 is 10.3 Å². The predicted octanol–water partition coefficient (Wildman–Crippen LogP) is 3.51. The number of aromatic nitrogens is 2. The van der Waals surface area contributed by atoms with Gasteiger partial charge in [-0.25, -0.2) is 9.37 Å². The molecule has 2 aromatic rings. The summed E-state index contributed by atoms with van der Waals surface area (Å²) in [6, 6.07) is 2.96. The van der Waals surface area contributed by atoms with Crippen molar-refractivity contribution < 1.29 is 22.4 Å². The van der Waals surface area contributed by atoms with Gasteiger partial charge in [-0.3, -0.25) is 9.59 Å². The number of nitrogens with one attached hydrogen (secondary N) is 2. The number of hydrogen-bond donors (Lipinski definition) is 2. The molecule has 1 fully saturated rings. The van der Waals surface area contributed by atoms with Gasteiger partial charge in [0.25, 0.3) is 11.5 Å². The smallest absolute Gasteiger partial charge is 0.343 e. The molecule has 27 heavy (non-hydrogen) atoms. The molecule has 0 saturated heterocycles. The Morgan fingerprint density at radius 1 is 1.30 bits per heavy atom. The highest BCUT2D eigenvalue weighted by molar-refractivity contribution is 5.92. The third-order valence-corrected chi connectivity index (χ3v) is 4.74. The molecule has 1 aliphatic rings. The molecule has 9 heteroatoms. The van der Waals surface area contributed by atoms with Crippen LogP contribution in [0.4, 0.5) is 17.6 Å². The molecular weight excluding hydrogens is 366 g/mol. The summed E-state index contributed by atoms with van der Waals surface area (Å²) in [5.41, 5.74) is -2.14. The number of carbonyl (C=O) groups excluding carboxylic acids is 1. The van der Waals surface area contributed by atoms with Crippen molar-refractivity contribution >= 4 is 5.91 Å². The molecule has 144 valence electrons. The van der Waals surface area contributed by atoms with E-state index in [9.17, 15) is 27.2 Å². The van der Waals surface area contributed by atoms with Crippen molar-refractivity contribution in [3.63, 3.8) is 0 Å². The summed E-state index contributed by atoms with van der Waals surface area (Å²) < 4.78 is 52.3. The van der Waals surface area contributed by atoms with E-state index in [1.807, 2.05) is 6.92 Å². The number of rotatable bonds is 4. The van der Waals surface area contributed by atoms with Crippen LogP contribution in [0.15, 0.2) is 29.1 Å². The lowest BCUT2D eigenvalue weighted by Crippen LogP contribution is -2.35. The first kappa shape index (κ1) is 19.1. The number of nitrogens with zero attached hydrogens (tertiary/aromatic N) is 1. The van der Waals surface area contributed by atoms with Gasteiger partial charge in [-0.05, 0) is 42.9 Å². The Bertz CT molecular complexity index is 948. The van der Waals surface area contributed by atoms with E-state index in [1.165, 1.54) is 6.92 Å². The van der Waals surface area contributed by atoms with Gasteiger partial charge in [-0.2, -0.15) is 13.2 Å². The minimum atomic E-state index is -4.79. The standard InChI is InChI=1S/C18H17F4N3O2/c1-9-23-13(8-14(26)24-9)16(27)25-15(17(2)5-6-17)10-3-4-11(12(19)7-10)18(20,21)22/h3-4,7-8,15H,5-6H2,1-2H3,(H,25,27)(H,23,24,26). The number of carbonyl (C=O) groups is 1. The Balaban J connectivity index is 1.93. The zero-order valence-electron chi connectivity index (χ0n) is 14.6. The SMILES string of the molecule is Cc1nc(C(=O)NC(c2ccc(C(F)(F)F)c(F)c2)C2(C)CC2)cc(=O)[nH]1. The van der Waals surface area contributed by atoms with Crippen LogP contribution in [0.2, 0.25) is 0 Å². The molecule has 1 amide bonds. The van der Waals surface area contributed by atoms with Gasteiger partial charge in [-0.1, -0.05) is 13.0 Å². The maximum absolute atomic E-state index is 14.0. The summed E-state index contributed by atoms with van der Waals surface area (Å²) in [6.45, 7) is 3.37. The van der Waals surface area contributed by atoms with Crippen molar-refractivity contribution in [3.8, 4) is 0 Å². The van der Waals surface area contributed by atoms with E-state index < -0.39 is 40.5 Å². The predicted molar refractivity (Wildman–Crippen MR) is 88.5 cm³/mol. The monoisotopic (exact) mass is 383 g/mol. The summed E-state index contributed by atoms with van der Waals surface area (Å²) in [7, 11) is 0. The van der Waals surface area contributed by atoms with E-state index in [2.05, 4.69) is 15.3 Å². The van der Waals surface area contributed by atoms with E-state index >= 15 is 0 Å². The second-order valence-corrected chi connectivity index (χ2v) is 7.01. The maximum Gasteiger partial charge on any atom is 0.419 e. The summed E-state index contributed by atoms with van der Waals surface area (Å²) in [5.74, 6) is -1.79. The number of halogens is 4. The normalized spacial score (nSPS) is 16.7. The van der Waals surface area contributed by atoms with Crippen LogP contribution in [-0.4, -0.2) is 15.9 Å². The highest BCUT2D eigenvalue weighted by atomic mass is 19.4. The zero-order chi connectivity index (χ0) is 20.0. The molecule has 0 spiro atoms. The van der Waals surface area contributed by atoms with Crippen LogP contribution in [0.3, 0.4) is 0 Å². The molecule has 0 bridgehead atoms. The number of aromatic amines is 1. The number of H-pyrrole nitrogens is 1. The molecule has 1 saturated carbocycles. The Labute approximate surface area is 151 Å². The quantitative estimate of drug-likeness (QED) is 0.794. The van der Waals surface area contributed by atoms with Crippen LogP contribution in [0.5, 0.6) is 0 Å². The van der Waals surface area contributed by atoms with Crippen LogP contribution in [0.25, 0.3) is 0 Å². The molecule has 5 nitrogen and oxygen atoms in total. The highest BCUT2D eigenvalue weighted by Crippen LogP contribution is 2.54. The summed E-state index contributed by atoms with van der Waals surface area (Å²) >= 11 is 0. The van der Waals surface area contributed by atoms with Crippen molar-refractivity contribution in [2.24, 2.45) is 5.41 Å². The van der Waals surface area contributed by atoms with Crippen LogP contribution < -0.4 is 10.9 Å². The van der Waals surface area contributed by atoms with Gasteiger partial charge in [0.2, 0.25) is 0 Å². The lowest BCUT2D eigenvalue weighted by atomic mass is 9.90. The van der Waals surface area contributed by atoms with Crippen LogP contribution in [0.1, 0.15) is 53.2 Å². The highest BCUT2D eigenvalue weighted by Gasteiger charge is 2.47. The molecule has 1 unspecified atom stereocenters. The third-order valence-electron chi connectivity index (χ3n) is 4.74. The van der Waals surface area contributed by atoms with Crippen LogP contribution in [-0.2, 0) is 6.18 Å². The molecule has 1 aromatic heterocycles. The lowest BCUT2D eigenvalue weighted by Gasteiger charge is -2.26. The molecule has 1 atom stereocenters. The van der Waals surface area contributed by atoms with Crippen molar-refractivity contribution in [3.05, 3.63) is 63.1 Å². The number of hydrogen-bond acceptors (Lipinski definition) is 3. The Morgan fingerprint density at radius 2 is 1.96 bits per heavy atom. The van der Waals surface area contributed by atoms with Crippen LogP contribution in [0, 0.1) is 18.2 Å². The van der Waals surface area contributed by atoms with Gasteiger partial charge in [0, 0.05) is 6.07 Å². The van der Waals surface area contributed by atoms with Gasteiger partial charge in [0.05, 0.1) is 11.6 Å². The first-order valence-electron chi connectivity index (χ1n) is 8.25. The second-order valence-electron chi connectivity index (χ2n) is 7.01. The molecule has 1 heterocycles. The number of aryl methyl sites for hydroxylation is 1. The number of alkyl halides is 3. The number of benzene rings is 1. The van der Waals surface area contributed by atoms with Crippen molar-refractivity contribution in [1.82, 2.24) is 15.3 Å². The third kappa shape index (κ3) is 4.01. The first-order valence-corrected chi connectivity index (χ1v) is 8.25. The van der Waals surface area contributed by atoms with Gasteiger partial charge in [-0.15, -0.1) is 0 Å². The van der Waals surface area contributed by atoms with E-state index in [0.29, 0.717) is 6.07 Å². The van der Waals surface area contributed by atoms with E-state index in [4.69, 9.17) is 0 Å². The summed E-state index contributed by atoms with van der Waals surface area (Å²) in [5, 5.41) is 2.69. The molecule has 1 aliphatic carbocycles. The summed E-state index contributed by atoms with van der Waals surface area (Å²) in [4.78, 5) is 30.4. The molecular formula is C18H17F4N3O2. The molecule has 3 rings (SSSR count). The molecule has 2 N–H and O–H groups in total. The molecule has 0 radical (unpaired) electrons. The average molecular weight is 383 g/mol. The number of amides is 1. The fourth-order valence-corrected chi connectivity index (χ4v) is 2.99. The van der Waals surface area contributed by atoms with Gasteiger partial charge in [0.15, 0.2) is 0 Å². The van der Waals surface area contributed by atoms with Gasteiger partial charge >= 0.3 is 6.18 Å². The summed E-state index contributed by atoms with van der Waals surface area (Å²) in [6.07, 6.45) is -3.35. The first-order chi connectivity index (χ1) is 12.5. The largest absolute Gasteiger partial charge is 0.419 e. The van der Waals surface area contributed by atoms with Crippen molar-refractivity contribution in [1.29, 1.82) is 0 Å². The fourth-order valence-electron chi connectivity index (χ4n) is 2.99.